The first-order chi connectivity index (χ1) is 9.28. The molecule has 2 aliphatic rings. The molecule has 1 aromatic rings. The van der Waals surface area contributed by atoms with Crippen LogP contribution in [0.15, 0.2) is 30.3 Å². The molecule has 2 aliphatic heterocycles. The second-order valence-electron chi connectivity index (χ2n) is 5.67. The zero-order valence-corrected chi connectivity index (χ0v) is 11.4. The summed E-state index contributed by atoms with van der Waals surface area (Å²) < 4.78 is 5.44. The quantitative estimate of drug-likeness (QED) is 0.834. The van der Waals surface area contributed by atoms with E-state index in [2.05, 4.69) is 37.3 Å². The number of carbonyl (C=O) groups is 1. The fourth-order valence-electron chi connectivity index (χ4n) is 3.42. The van der Waals surface area contributed by atoms with E-state index in [1.165, 1.54) is 5.56 Å². The van der Waals surface area contributed by atoms with Crippen molar-refractivity contribution in [3.8, 4) is 0 Å². The topological polar surface area (TPSA) is 29.5 Å². The first-order valence-electron chi connectivity index (χ1n) is 7.29. The molecule has 0 spiro atoms. The fourth-order valence-corrected chi connectivity index (χ4v) is 3.42. The third-order valence-corrected chi connectivity index (χ3v) is 4.44. The molecule has 102 valence electrons. The van der Waals surface area contributed by atoms with Crippen molar-refractivity contribution in [2.24, 2.45) is 5.92 Å². The van der Waals surface area contributed by atoms with E-state index in [-0.39, 0.29) is 12.2 Å². The molecule has 2 saturated heterocycles. The van der Waals surface area contributed by atoms with Crippen molar-refractivity contribution >= 4 is 6.09 Å². The Bertz CT molecular complexity index is 445. The van der Waals surface area contributed by atoms with Gasteiger partial charge in [0.1, 0.15) is 6.10 Å². The molecule has 3 rings (SSSR count). The summed E-state index contributed by atoms with van der Waals surface area (Å²) in [4.78, 5) is 13.7. The summed E-state index contributed by atoms with van der Waals surface area (Å²) in [6.07, 6.45) is 4.22. The van der Waals surface area contributed by atoms with Crippen LogP contribution in [0.1, 0.15) is 31.7 Å². The van der Waals surface area contributed by atoms with Gasteiger partial charge in [-0.2, -0.15) is 0 Å². The molecular weight excluding hydrogens is 238 g/mol. The molecule has 1 amide bonds. The van der Waals surface area contributed by atoms with Gasteiger partial charge in [-0.15, -0.1) is 0 Å². The standard InChI is InChI=1S/C16H21NO2/c1-2-15-14-11-13(8-9-17(14)16(18)19-15)10-12-6-4-3-5-7-12/h3-7,13-15H,2,8-11H2,1H3/t13?,14-,15+/m1/s1. The number of carbonyl (C=O) groups excluding carboxylic acids is 1. The van der Waals surface area contributed by atoms with Crippen LogP contribution in [0.4, 0.5) is 4.79 Å². The molecule has 0 N–H and O–H groups in total. The van der Waals surface area contributed by atoms with E-state index < -0.39 is 0 Å². The predicted octanol–water partition coefficient (Wildman–Crippen LogP) is 3.24. The highest BCUT2D eigenvalue weighted by Gasteiger charge is 2.44. The van der Waals surface area contributed by atoms with Crippen molar-refractivity contribution in [2.45, 2.75) is 44.8 Å². The smallest absolute Gasteiger partial charge is 0.410 e. The largest absolute Gasteiger partial charge is 0.444 e. The Kier molecular flexibility index (Phi) is 3.45. The molecule has 3 heteroatoms. The number of amides is 1. The lowest BCUT2D eigenvalue weighted by atomic mass is 9.84. The average Bonchev–Trinajstić information content (AvgIpc) is 2.76. The van der Waals surface area contributed by atoms with Crippen LogP contribution in [0.25, 0.3) is 0 Å². The summed E-state index contributed by atoms with van der Waals surface area (Å²) in [7, 11) is 0. The van der Waals surface area contributed by atoms with E-state index >= 15 is 0 Å². The molecule has 0 aromatic heterocycles. The van der Waals surface area contributed by atoms with E-state index in [9.17, 15) is 4.79 Å². The first kappa shape index (κ1) is 12.5. The predicted molar refractivity (Wildman–Crippen MR) is 73.9 cm³/mol. The van der Waals surface area contributed by atoms with Gasteiger partial charge >= 0.3 is 6.09 Å². The molecule has 0 radical (unpaired) electrons. The summed E-state index contributed by atoms with van der Waals surface area (Å²) >= 11 is 0. The highest BCUT2D eigenvalue weighted by molar-refractivity contribution is 5.70. The normalized spacial score (nSPS) is 30.1. The van der Waals surface area contributed by atoms with Crippen molar-refractivity contribution in [1.29, 1.82) is 0 Å². The minimum absolute atomic E-state index is 0.102. The maximum absolute atomic E-state index is 11.7. The van der Waals surface area contributed by atoms with Crippen LogP contribution >= 0.6 is 0 Å². The monoisotopic (exact) mass is 259 g/mol. The summed E-state index contributed by atoms with van der Waals surface area (Å²) in [6.45, 7) is 2.96. The number of fused-ring (bicyclic) bond motifs is 1. The molecule has 0 saturated carbocycles. The van der Waals surface area contributed by atoms with E-state index in [0.29, 0.717) is 12.0 Å². The van der Waals surface area contributed by atoms with Gasteiger partial charge in [0.2, 0.25) is 0 Å². The van der Waals surface area contributed by atoms with E-state index in [4.69, 9.17) is 4.74 Å². The average molecular weight is 259 g/mol. The van der Waals surface area contributed by atoms with E-state index in [1.807, 2.05) is 4.90 Å². The fraction of sp³-hybridized carbons (Fsp3) is 0.562. The van der Waals surface area contributed by atoms with Gasteiger partial charge in [0.05, 0.1) is 6.04 Å². The van der Waals surface area contributed by atoms with Gasteiger partial charge in [-0.05, 0) is 37.2 Å². The lowest BCUT2D eigenvalue weighted by Crippen LogP contribution is -2.43. The minimum Gasteiger partial charge on any atom is -0.444 e. The van der Waals surface area contributed by atoms with Crippen LogP contribution in [0.5, 0.6) is 0 Å². The lowest BCUT2D eigenvalue weighted by molar-refractivity contribution is 0.125. The molecule has 1 aromatic carbocycles. The van der Waals surface area contributed by atoms with Gasteiger partial charge in [-0.25, -0.2) is 4.79 Å². The summed E-state index contributed by atoms with van der Waals surface area (Å²) in [5.41, 5.74) is 1.40. The van der Waals surface area contributed by atoms with Crippen molar-refractivity contribution in [1.82, 2.24) is 4.90 Å². The second kappa shape index (κ2) is 5.24. The Morgan fingerprint density at radius 1 is 1.32 bits per heavy atom. The highest BCUT2D eigenvalue weighted by atomic mass is 16.6. The van der Waals surface area contributed by atoms with E-state index in [1.54, 1.807) is 0 Å². The second-order valence-corrected chi connectivity index (χ2v) is 5.67. The van der Waals surface area contributed by atoms with Crippen LogP contribution in [-0.2, 0) is 11.2 Å². The van der Waals surface area contributed by atoms with Gasteiger partial charge < -0.3 is 9.64 Å². The number of hydrogen-bond acceptors (Lipinski definition) is 2. The van der Waals surface area contributed by atoms with Crippen LogP contribution in [0, 0.1) is 5.92 Å². The molecule has 1 unspecified atom stereocenters. The van der Waals surface area contributed by atoms with Crippen LogP contribution in [0.3, 0.4) is 0 Å². The molecule has 2 heterocycles. The summed E-state index contributed by atoms with van der Waals surface area (Å²) in [5, 5.41) is 0. The number of piperidine rings is 1. The Morgan fingerprint density at radius 2 is 2.11 bits per heavy atom. The van der Waals surface area contributed by atoms with Crippen LogP contribution in [0.2, 0.25) is 0 Å². The Balaban J connectivity index is 1.66. The van der Waals surface area contributed by atoms with Gasteiger partial charge in [0.15, 0.2) is 0 Å². The SMILES string of the molecule is CC[C@@H]1OC(=O)N2CCC(Cc3ccccc3)C[C@H]12. The number of hydrogen-bond donors (Lipinski definition) is 0. The minimum atomic E-state index is -0.102. The lowest BCUT2D eigenvalue weighted by Gasteiger charge is -2.34. The van der Waals surface area contributed by atoms with Crippen LogP contribution in [-0.4, -0.2) is 29.7 Å². The molecule has 0 aliphatic carbocycles. The van der Waals surface area contributed by atoms with Gasteiger partial charge in [-0.3, -0.25) is 0 Å². The number of rotatable bonds is 3. The van der Waals surface area contributed by atoms with Crippen molar-refractivity contribution in [3.05, 3.63) is 35.9 Å². The van der Waals surface area contributed by atoms with Crippen molar-refractivity contribution < 1.29 is 9.53 Å². The van der Waals surface area contributed by atoms with Gasteiger partial charge in [0, 0.05) is 6.54 Å². The number of cyclic esters (lactones) is 1. The van der Waals surface area contributed by atoms with Crippen molar-refractivity contribution in [3.63, 3.8) is 0 Å². The Hall–Kier alpha value is -1.51. The third-order valence-electron chi connectivity index (χ3n) is 4.44. The summed E-state index contributed by atoms with van der Waals surface area (Å²) in [5.74, 6) is 0.673. The number of benzene rings is 1. The maximum atomic E-state index is 11.7. The maximum Gasteiger partial charge on any atom is 0.410 e. The zero-order valence-electron chi connectivity index (χ0n) is 11.4. The molecular formula is C16H21NO2. The Labute approximate surface area is 114 Å². The molecule has 19 heavy (non-hydrogen) atoms. The summed E-state index contributed by atoms with van der Waals surface area (Å²) in [6, 6.07) is 11.0. The first-order valence-corrected chi connectivity index (χ1v) is 7.29. The molecule has 0 bridgehead atoms. The Morgan fingerprint density at radius 3 is 2.84 bits per heavy atom. The number of ether oxygens (including phenoxy) is 1. The molecule has 3 atom stereocenters. The van der Waals surface area contributed by atoms with Crippen molar-refractivity contribution in [2.75, 3.05) is 6.54 Å². The highest BCUT2D eigenvalue weighted by Crippen LogP contribution is 2.34. The third kappa shape index (κ3) is 2.46. The van der Waals surface area contributed by atoms with Gasteiger partial charge in [0.25, 0.3) is 0 Å². The molecule has 2 fully saturated rings. The van der Waals surface area contributed by atoms with E-state index in [0.717, 1.165) is 32.2 Å². The van der Waals surface area contributed by atoms with Crippen LogP contribution < -0.4 is 0 Å². The zero-order chi connectivity index (χ0) is 13.2. The van der Waals surface area contributed by atoms with Gasteiger partial charge in [-0.1, -0.05) is 37.3 Å². The number of nitrogens with zero attached hydrogens (tertiary/aromatic N) is 1. The molecule has 3 nitrogen and oxygen atoms in total.